The Hall–Kier alpha value is -1.13. The van der Waals surface area contributed by atoms with E-state index in [1.807, 2.05) is 0 Å². The topological polar surface area (TPSA) is 63.3 Å². The van der Waals surface area contributed by atoms with Gasteiger partial charge in [0.05, 0.1) is 5.92 Å². The van der Waals surface area contributed by atoms with Crippen molar-refractivity contribution in [3.05, 3.63) is 35.6 Å². The number of nitrogens with two attached hydrogens (primary N) is 1. The molecule has 0 heterocycles. The molecule has 0 bridgehead atoms. The standard InChI is InChI=1S/C9H10FNO2.ClH/c10-8-4-2-1-3-6(8)7(5-11)9(12)13;/h1-4,7H,5,11H2,(H,12,13);1H. The number of benzene rings is 1. The van der Waals surface area contributed by atoms with Crippen molar-refractivity contribution in [2.24, 2.45) is 5.73 Å². The Labute approximate surface area is 87.1 Å². The van der Waals surface area contributed by atoms with Crippen LogP contribution >= 0.6 is 12.4 Å². The summed E-state index contributed by atoms with van der Waals surface area (Å²) in [6, 6.07) is 5.75. The zero-order valence-corrected chi connectivity index (χ0v) is 8.13. The molecule has 0 saturated heterocycles. The molecule has 1 aromatic rings. The van der Waals surface area contributed by atoms with Gasteiger partial charge < -0.3 is 10.8 Å². The van der Waals surface area contributed by atoms with Crippen LogP contribution in [0.5, 0.6) is 0 Å². The van der Waals surface area contributed by atoms with Gasteiger partial charge in [0.2, 0.25) is 0 Å². The van der Waals surface area contributed by atoms with E-state index >= 15 is 0 Å². The Kier molecular flexibility index (Phi) is 5.12. The molecule has 3 N–H and O–H groups in total. The highest BCUT2D eigenvalue weighted by Gasteiger charge is 2.20. The van der Waals surface area contributed by atoms with Crippen LogP contribution in [0.1, 0.15) is 11.5 Å². The second-order valence-electron chi connectivity index (χ2n) is 2.65. The molecule has 0 aliphatic carbocycles. The number of carboxylic acids is 1. The van der Waals surface area contributed by atoms with Crippen LogP contribution in [0, 0.1) is 5.82 Å². The van der Waals surface area contributed by atoms with Gasteiger partial charge in [-0.2, -0.15) is 0 Å². The first-order chi connectivity index (χ1) is 6.16. The van der Waals surface area contributed by atoms with E-state index in [1.54, 1.807) is 6.07 Å². The Bertz CT molecular complexity index is 319. The fourth-order valence-corrected chi connectivity index (χ4v) is 1.12. The average Bonchev–Trinajstić information content (AvgIpc) is 2.09. The van der Waals surface area contributed by atoms with Crippen LogP contribution in [0.25, 0.3) is 0 Å². The third kappa shape index (κ3) is 2.68. The summed E-state index contributed by atoms with van der Waals surface area (Å²) in [6.07, 6.45) is 0. The first kappa shape index (κ1) is 12.9. The van der Waals surface area contributed by atoms with E-state index in [1.165, 1.54) is 18.2 Å². The van der Waals surface area contributed by atoms with Gasteiger partial charge >= 0.3 is 5.97 Å². The number of hydrogen-bond acceptors (Lipinski definition) is 2. The fraction of sp³-hybridized carbons (Fsp3) is 0.222. The number of halogens is 2. The first-order valence-electron chi connectivity index (χ1n) is 3.84. The van der Waals surface area contributed by atoms with Crippen molar-refractivity contribution in [1.29, 1.82) is 0 Å². The number of carboxylic acid groups (broad SMARTS) is 1. The molecule has 5 heteroatoms. The van der Waals surface area contributed by atoms with Gasteiger partial charge in [0.15, 0.2) is 0 Å². The minimum Gasteiger partial charge on any atom is -0.481 e. The van der Waals surface area contributed by atoms with Gasteiger partial charge in [-0.3, -0.25) is 4.79 Å². The number of rotatable bonds is 3. The van der Waals surface area contributed by atoms with Gasteiger partial charge in [0, 0.05) is 12.1 Å². The van der Waals surface area contributed by atoms with Gasteiger partial charge in [-0.05, 0) is 6.07 Å². The number of carbonyl (C=O) groups is 1. The summed E-state index contributed by atoms with van der Waals surface area (Å²) >= 11 is 0. The molecule has 0 amide bonds. The predicted octanol–water partition coefficient (Wildman–Crippen LogP) is 1.37. The number of hydrogen-bond donors (Lipinski definition) is 2. The molecule has 14 heavy (non-hydrogen) atoms. The summed E-state index contributed by atoms with van der Waals surface area (Å²) in [5.74, 6) is -2.59. The van der Waals surface area contributed by atoms with Crippen LogP contribution in [-0.4, -0.2) is 17.6 Å². The summed E-state index contributed by atoms with van der Waals surface area (Å²) in [4.78, 5) is 10.6. The van der Waals surface area contributed by atoms with E-state index in [-0.39, 0.29) is 24.5 Å². The number of aliphatic carboxylic acids is 1. The van der Waals surface area contributed by atoms with Gasteiger partial charge in [-0.1, -0.05) is 18.2 Å². The van der Waals surface area contributed by atoms with Gasteiger partial charge in [0.25, 0.3) is 0 Å². The zero-order chi connectivity index (χ0) is 9.84. The molecule has 0 radical (unpaired) electrons. The molecule has 0 fully saturated rings. The summed E-state index contributed by atoms with van der Waals surface area (Å²) < 4.78 is 13.1. The zero-order valence-electron chi connectivity index (χ0n) is 7.31. The largest absolute Gasteiger partial charge is 0.481 e. The van der Waals surface area contributed by atoms with Gasteiger partial charge in [0.1, 0.15) is 5.82 Å². The Balaban J connectivity index is 0.00000169. The highest BCUT2D eigenvalue weighted by atomic mass is 35.5. The Morgan fingerprint density at radius 3 is 2.50 bits per heavy atom. The molecule has 0 spiro atoms. The van der Waals surface area contributed by atoms with Crippen LogP contribution in [0.3, 0.4) is 0 Å². The molecule has 78 valence electrons. The minimum atomic E-state index is -1.10. The minimum absolute atomic E-state index is 0. The predicted molar refractivity (Wildman–Crippen MR) is 53.1 cm³/mol. The van der Waals surface area contributed by atoms with Crippen molar-refractivity contribution in [2.75, 3.05) is 6.54 Å². The molecule has 1 unspecified atom stereocenters. The SMILES string of the molecule is Cl.NCC(C(=O)O)c1ccccc1F. The fourth-order valence-electron chi connectivity index (χ4n) is 1.12. The lowest BCUT2D eigenvalue weighted by atomic mass is 9.99. The first-order valence-corrected chi connectivity index (χ1v) is 3.84. The summed E-state index contributed by atoms with van der Waals surface area (Å²) in [5.41, 5.74) is 5.36. The van der Waals surface area contributed by atoms with Gasteiger partial charge in [-0.25, -0.2) is 4.39 Å². The summed E-state index contributed by atoms with van der Waals surface area (Å²) in [5, 5.41) is 8.70. The third-order valence-corrected chi connectivity index (χ3v) is 1.81. The van der Waals surface area contributed by atoms with Crippen LogP contribution in [0.15, 0.2) is 24.3 Å². The Morgan fingerprint density at radius 1 is 1.50 bits per heavy atom. The van der Waals surface area contributed by atoms with Gasteiger partial charge in [-0.15, -0.1) is 12.4 Å². The van der Waals surface area contributed by atoms with Crippen LogP contribution in [0.4, 0.5) is 4.39 Å². The summed E-state index contributed by atoms with van der Waals surface area (Å²) in [7, 11) is 0. The quantitative estimate of drug-likeness (QED) is 0.807. The van der Waals surface area contributed by atoms with Crippen molar-refractivity contribution in [3.8, 4) is 0 Å². The highest BCUT2D eigenvalue weighted by molar-refractivity contribution is 5.85. The third-order valence-electron chi connectivity index (χ3n) is 1.81. The maximum absolute atomic E-state index is 13.1. The van der Waals surface area contributed by atoms with Crippen molar-refractivity contribution >= 4 is 18.4 Å². The lowest BCUT2D eigenvalue weighted by Crippen LogP contribution is -2.22. The summed E-state index contributed by atoms with van der Waals surface area (Å²) in [6.45, 7) is -0.101. The second kappa shape index (κ2) is 5.57. The van der Waals surface area contributed by atoms with Crippen molar-refractivity contribution in [1.82, 2.24) is 0 Å². The van der Waals surface area contributed by atoms with E-state index in [2.05, 4.69) is 0 Å². The lowest BCUT2D eigenvalue weighted by molar-refractivity contribution is -0.138. The monoisotopic (exact) mass is 219 g/mol. The van der Waals surface area contributed by atoms with Crippen molar-refractivity contribution in [3.63, 3.8) is 0 Å². The van der Waals surface area contributed by atoms with E-state index in [0.717, 1.165) is 0 Å². The second-order valence-corrected chi connectivity index (χ2v) is 2.65. The van der Waals surface area contributed by atoms with E-state index < -0.39 is 17.7 Å². The van der Waals surface area contributed by atoms with Crippen LogP contribution < -0.4 is 5.73 Å². The molecule has 0 aliphatic rings. The normalized spacial score (nSPS) is 11.6. The van der Waals surface area contributed by atoms with Crippen molar-refractivity contribution in [2.45, 2.75) is 5.92 Å². The molecule has 0 aliphatic heterocycles. The molecule has 0 saturated carbocycles. The average molecular weight is 220 g/mol. The molecule has 0 aromatic heterocycles. The molecule has 3 nitrogen and oxygen atoms in total. The molecular formula is C9H11ClFNO2. The smallest absolute Gasteiger partial charge is 0.312 e. The Morgan fingerprint density at radius 2 is 2.07 bits per heavy atom. The highest BCUT2D eigenvalue weighted by Crippen LogP contribution is 2.17. The lowest BCUT2D eigenvalue weighted by Gasteiger charge is -2.10. The van der Waals surface area contributed by atoms with Crippen LogP contribution in [-0.2, 0) is 4.79 Å². The van der Waals surface area contributed by atoms with E-state index in [9.17, 15) is 9.18 Å². The molecule has 1 atom stereocenters. The van der Waals surface area contributed by atoms with Crippen molar-refractivity contribution < 1.29 is 14.3 Å². The van der Waals surface area contributed by atoms with E-state index in [4.69, 9.17) is 10.8 Å². The van der Waals surface area contributed by atoms with Crippen LogP contribution in [0.2, 0.25) is 0 Å². The maximum atomic E-state index is 13.1. The van der Waals surface area contributed by atoms with E-state index in [0.29, 0.717) is 0 Å². The molecule has 1 rings (SSSR count). The molecular weight excluding hydrogens is 209 g/mol. The molecule has 1 aromatic carbocycles. The maximum Gasteiger partial charge on any atom is 0.312 e.